The molecule has 0 fully saturated rings. The van der Waals surface area contributed by atoms with E-state index in [2.05, 4.69) is 13.8 Å². The van der Waals surface area contributed by atoms with Crippen molar-refractivity contribution in [1.29, 1.82) is 0 Å². The summed E-state index contributed by atoms with van der Waals surface area (Å²) < 4.78 is 1.91. The number of nitrogens with zero attached hydrogens (tertiary/aromatic N) is 1. The van der Waals surface area contributed by atoms with Gasteiger partial charge in [0.15, 0.2) is 6.29 Å². The predicted octanol–water partition coefficient (Wildman–Crippen LogP) is 2.23. The maximum absolute atomic E-state index is 10.8. The fraction of sp³-hybridized carbons (Fsp3) is 0.583. The van der Waals surface area contributed by atoms with Crippen molar-refractivity contribution in [2.45, 2.75) is 39.8 Å². The zero-order valence-corrected chi connectivity index (χ0v) is 9.44. The summed E-state index contributed by atoms with van der Waals surface area (Å²) in [6, 6.07) is 3.57. The smallest absolute Gasteiger partial charge is 0.166 e. The molecule has 1 aromatic heterocycles. The number of aliphatic hydroxyl groups excluding tert-OH is 1. The van der Waals surface area contributed by atoms with E-state index in [0.717, 1.165) is 31.4 Å². The Hall–Kier alpha value is -1.09. The van der Waals surface area contributed by atoms with Crippen molar-refractivity contribution in [3.8, 4) is 0 Å². The molecule has 0 saturated carbocycles. The zero-order valence-electron chi connectivity index (χ0n) is 9.44. The number of carbonyl (C=O) groups is 1. The molecule has 3 nitrogen and oxygen atoms in total. The molecule has 0 aliphatic carbocycles. The first kappa shape index (κ1) is 12.0. The number of aromatic nitrogens is 1. The molecule has 0 aliphatic heterocycles. The summed E-state index contributed by atoms with van der Waals surface area (Å²) in [6.07, 6.45) is 3.13. The lowest BCUT2D eigenvalue weighted by Gasteiger charge is -2.15. The molecule has 1 N–H and O–H groups in total. The van der Waals surface area contributed by atoms with Crippen molar-refractivity contribution < 1.29 is 9.90 Å². The monoisotopic (exact) mass is 209 g/mol. The molecular formula is C12H19NO2. The minimum absolute atomic E-state index is 0.00726. The number of hydrogen-bond donors (Lipinski definition) is 1. The first-order valence-electron chi connectivity index (χ1n) is 5.47. The van der Waals surface area contributed by atoms with Crippen LogP contribution in [0, 0.1) is 5.92 Å². The summed E-state index contributed by atoms with van der Waals surface area (Å²) in [5.41, 5.74) is 1.47. The molecule has 0 bridgehead atoms. The van der Waals surface area contributed by atoms with Crippen LogP contribution in [0.4, 0.5) is 0 Å². The lowest BCUT2D eigenvalue weighted by Crippen LogP contribution is -2.12. The highest BCUT2D eigenvalue weighted by atomic mass is 16.3. The van der Waals surface area contributed by atoms with E-state index in [9.17, 15) is 4.79 Å². The molecule has 1 aromatic rings. The van der Waals surface area contributed by atoms with Crippen molar-refractivity contribution in [2.24, 2.45) is 5.92 Å². The first-order chi connectivity index (χ1) is 7.22. The summed E-state index contributed by atoms with van der Waals surface area (Å²) in [4.78, 5) is 10.8. The van der Waals surface area contributed by atoms with Gasteiger partial charge >= 0.3 is 0 Å². The van der Waals surface area contributed by atoms with Gasteiger partial charge in [-0.3, -0.25) is 4.79 Å². The van der Waals surface area contributed by atoms with Crippen LogP contribution in [0.5, 0.6) is 0 Å². The van der Waals surface area contributed by atoms with Gasteiger partial charge in [-0.15, -0.1) is 0 Å². The number of rotatable bonds is 6. The van der Waals surface area contributed by atoms with E-state index in [1.165, 1.54) is 0 Å². The number of hydrogen-bond acceptors (Lipinski definition) is 2. The number of aliphatic hydroxyl groups is 1. The van der Waals surface area contributed by atoms with Crippen LogP contribution < -0.4 is 0 Å². The largest absolute Gasteiger partial charge is 0.390 e. The third-order valence-corrected chi connectivity index (χ3v) is 2.66. The molecule has 0 amide bonds. The summed E-state index contributed by atoms with van der Waals surface area (Å²) in [5, 5.41) is 9.13. The van der Waals surface area contributed by atoms with E-state index in [-0.39, 0.29) is 6.61 Å². The Kier molecular flexibility index (Phi) is 4.56. The summed E-state index contributed by atoms with van der Waals surface area (Å²) in [5.74, 6) is 0.534. The first-order valence-corrected chi connectivity index (χ1v) is 5.47. The Morgan fingerprint density at radius 2 is 2.27 bits per heavy atom. The SMILES string of the molecule is CCCC(C)Cn1c(C=O)ccc1CO. The topological polar surface area (TPSA) is 42.2 Å². The number of aldehydes is 1. The van der Waals surface area contributed by atoms with Gasteiger partial charge < -0.3 is 9.67 Å². The molecule has 0 saturated heterocycles. The minimum atomic E-state index is -0.00726. The molecule has 3 heteroatoms. The van der Waals surface area contributed by atoms with Crippen LogP contribution in [0.1, 0.15) is 42.9 Å². The molecule has 1 atom stereocenters. The van der Waals surface area contributed by atoms with E-state index in [0.29, 0.717) is 11.6 Å². The standard InChI is InChI=1S/C12H19NO2/c1-3-4-10(2)7-13-11(8-14)5-6-12(13)9-15/h5-6,8,10,15H,3-4,7,9H2,1-2H3. The second kappa shape index (κ2) is 5.71. The quantitative estimate of drug-likeness (QED) is 0.730. The average Bonchev–Trinajstić information content (AvgIpc) is 2.60. The van der Waals surface area contributed by atoms with Gasteiger partial charge in [0.05, 0.1) is 12.3 Å². The Morgan fingerprint density at radius 1 is 1.53 bits per heavy atom. The van der Waals surface area contributed by atoms with Gasteiger partial charge in [0, 0.05) is 12.2 Å². The second-order valence-electron chi connectivity index (χ2n) is 4.03. The Morgan fingerprint density at radius 3 is 2.80 bits per heavy atom. The van der Waals surface area contributed by atoms with Crippen molar-refractivity contribution in [3.05, 3.63) is 23.5 Å². The molecule has 1 rings (SSSR count). The second-order valence-corrected chi connectivity index (χ2v) is 4.03. The lowest BCUT2D eigenvalue weighted by molar-refractivity contribution is 0.111. The molecule has 84 valence electrons. The van der Waals surface area contributed by atoms with Gasteiger partial charge in [0.1, 0.15) is 0 Å². The van der Waals surface area contributed by atoms with E-state index in [4.69, 9.17) is 5.11 Å². The van der Waals surface area contributed by atoms with Crippen LogP contribution in [-0.2, 0) is 13.2 Å². The maximum atomic E-state index is 10.8. The van der Waals surface area contributed by atoms with E-state index >= 15 is 0 Å². The summed E-state index contributed by atoms with van der Waals surface area (Å²) in [6.45, 7) is 5.12. The molecule has 0 aromatic carbocycles. The van der Waals surface area contributed by atoms with Crippen LogP contribution in [0.15, 0.2) is 12.1 Å². The van der Waals surface area contributed by atoms with Gasteiger partial charge in [-0.2, -0.15) is 0 Å². The Bertz CT molecular complexity index is 317. The van der Waals surface area contributed by atoms with Gasteiger partial charge in [-0.1, -0.05) is 20.3 Å². The van der Waals surface area contributed by atoms with Gasteiger partial charge in [-0.05, 0) is 24.5 Å². The van der Waals surface area contributed by atoms with E-state index in [1.54, 1.807) is 6.07 Å². The third kappa shape index (κ3) is 2.93. The molecule has 1 heterocycles. The average molecular weight is 209 g/mol. The zero-order chi connectivity index (χ0) is 11.3. The predicted molar refractivity (Wildman–Crippen MR) is 59.8 cm³/mol. The Balaban J connectivity index is 2.80. The van der Waals surface area contributed by atoms with E-state index in [1.807, 2.05) is 10.6 Å². The molecule has 0 radical (unpaired) electrons. The minimum Gasteiger partial charge on any atom is -0.390 e. The van der Waals surface area contributed by atoms with Crippen molar-refractivity contribution >= 4 is 6.29 Å². The van der Waals surface area contributed by atoms with Crippen molar-refractivity contribution in [1.82, 2.24) is 4.57 Å². The highest BCUT2D eigenvalue weighted by Crippen LogP contribution is 2.14. The summed E-state index contributed by atoms with van der Waals surface area (Å²) in [7, 11) is 0. The Labute approximate surface area is 90.7 Å². The molecule has 0 aliphatic rings. The van der Waals surface area contributed by atoms with Gasteiger partial charge in [0.2, 0.25) is 0 Å². The van der Waals surface area contributed by atoms with Crippen LogP contribution in [0.2, 0.25) is 0 Å². The van der Waals surface area contributed by atoms with Gasteiger partial charge in [0.25, 0.3) is 0 Å². The van der Waals surface area contributed by atoms with Crippen molar-refractivity contribution in [3.63, 3.8) is 0 Å². The fourth-order valence-electron chi connectivity index (χ4n) is 1.89. The van der Waals surface area contributed by atoms with Crippen LogP contribution in [0.25, 0.3) is 0 Å². The van der Waals surface area contributed by atoms with Gasteiger partial charge in [-0.25, -0.2) is 0 Å². The van der Waals surface area contributed by atoms with Crippen LogP contribution in [0.3, 0.4) is 0 Å². The number of carbonyl (C=O) groups excluding carboxylic acids is 1. The maximum Gasteiger partial charge on any atom is 0.166 e. The van der Waals surface area contributed by atoms with Crippen LogP contribution >= 0.6 is 0 Å². The van der Waals surface area contributed by atoms with Crippen LogP contribution in [-0.4, -0.2) is 16.0 Å². The highest BCUT2D eigenvalue weighted by Gasteiger charge is 2.09. The van der Waals surface area contributed by atoms with Crippen molar-refractivity contribution in [2.75, 3.05) is 0 Å². The molecule has 15 heavy (non-hydrogen) atoms. The highest BCUT2D eigenvalue weighted by molar-refractivity contribution is 5.72. The normalized spacial score (nSPS) is 12.7. The summed E-state index contributed by atoms with van der Waals surface area (Å²) >= 11 is 0. The molecule has 0 spiro atoms. The fourth-order valence-corrected chi connectivity index (χ4v) is 1.89. The third-order valence-electron chi connectivity index (χ3n) is 2.66. The lowest BCUT2D eigenvalue weighted by atomic mass is 10.1. The molecule has 1 unspecified atom stereocenters. The molecular weight excluding hydrogens is 190 g/mol. The van der Waals surface area contributed by atoms with E-state index < -0.39 is 0 Å².